The number of rotatable bonds is 6. The van der Waals surface area contributed by atoms with Crippen molar-refractivity contribution in [1.29, 1.82) is 0 Å². The molecule has 1 aliphatic heterocycles. The van der Waals surface area contributed by atoms with Crippen molar-refractivity contribution in [1.82, 2.24) is 10.6 Å². The maximum Gasteiger partial charge on any atom is 0.220 e. The van der Waals surface area contributed by atoms with Gasteiger partial charge in [-0.1, -0.05) is 30.3 Å². The Labute approximate surface area is 109 Å². The van der Waals surface area contributed by atoms with Gasteiger partial charge in [0.05, 0.1) is 0 Å². The molecule has 0 aromatic heterocycles. The summed E-state index contributed by atoms with van der Waals surface area (Å²) >= 11 is 0. The summed E-state index contributed by atoms with van der Waals surface area (Å²) in [6.45, 7) is 1.87. The van der Waals surface area contributed by atoms with Crippen LogP contribution in [0.2, 0.25) is 0 Å². The number of amides is 1. The fourth-order valence-electron chi connectivity index (χ4n) is 2.35. The van der Waals surface area contributed by atoms with Gasteiger partial charge in [-0.25, -0.2) is 0 Å². The van der Waals surface area contributed by atoms with Crippen molar-refractivity contribution in [2.45, 2.75) is 38.1 Å². The molecular formula is C15H22N2O. The van der Waals surface area contributed by atoms with Gasteiger partial charge in [0.15, 0.2) is 0 Å². The molecule has 1 fully saturated rings. The predicted molar refractivity (Wildman–Crippen MR) is 73.4 cm³/mol. The van der Waals surface area contributed by atoms with Crippen LogP contribution in [-0.2, 0) is 11.2 Å². The normalized spacial score (nSPS) is 18.8. The zero-order valence-electron chi connectivity index (χ0n) is 10.8. The van der Waals surface area contributed by atoms with E-state index in [1.807, 2.05) is 18.2 Å². The molecule has 3 nitrogen and oxygen atoms in total. The van der Waals surface area contributed by atoms with Crippen molar-refractivity contribution >= 4 is 5.91 Å². The highest BCUT2D eigenvalue weighted by Crippen LogP contribution is 2.05. The van der Waals surface area contributed by atoms with Crippen molar-refractivity contribution < 1.29 is 4.79 Å². The Morgan fingerprint density at radius 1 is 1.33 bits per heavy atom. The van der Waals surface area contributed by atoms with E-state index < -0.39 is 0 Å². The lowest BCUT2D eigenvalue weighted by Gasteiger charge is -2.11. The van der Waals surface area contributed by atoms with Crippen molar-refractivity contribution in [3.63, 3.8) is 0 Å². The molecule has 0 saturated carbocycles. The van der Waals surface area contributed by atoms with Gasteiger partial charge in [0, 0.05) is 19.0 Å². The van der Waals surface area contributed by atoms with E-state index in [4.69, 9.17) is 0 Å². The van der Waals surface area contributed by atoms with Crippen LogP contribution >= 0.6 is 0 Å². The SMILES string of the molecule is O=C(CCCc1ccccc1)NC[C@@H]1CCCN1. The van der Waals surface area contributed by atoms with Gasteiger partial charge in [-0.15, -0.1) is 0 Å². The average Bonchev–Trinajstić information content (AvgIpc) is 2.91. The standard InChI is InChI=1S/C15H22N2O/c18-15(17-12-14-9-5-11-16-14)10-4-8-13-6-2-1-3-7-13/h1-3,6-7,14,16H,4-5,8-12H2,(H,17,18)/t14-/m0/s1. The minimum Gasteiger partial charge on any atom is -0.355 e. The summed E-state index contributed by atoms with van der Waals surface area (Å²) in [5.41, 5.74) is 1.31. The molecule has 98 valence electrons. The van der Waals surface area contributed by atoms with E-state index in [0.717, 1.165) is 25.9 Å². The lowest BCUT2D eigenvalue weighted by molar-refractivity contribution is -0.121. The molecule has 1 aromatic carbocycles. The van der Waals surface area contributed by atoms with Crippen LogP contribution in [0, 0.1) is 0 Å². The Hall–Kier alpha value is -1.35. The fourth-order valence-corrected chi connectivity index (χ4v) is 2.35. The summed E-state index contributed by atoms with van der Waals surface area (Å²) in [7, 11) is 0. The molecule has 1 heterocycles. The van der Waals surface area contributed by atoms with E-state index in [1.165, 1.54) is 18.4 Å². The molecule has 2 rings (SSSR count). The average molecular weight is 246 g/mol. The zero-order valence-corrected chi connectivity index (χ0v) is 10.8. The molecule has 0 spiro atoms. The molecule has 1 amide bonds. The van der Waals surface area contributed by atoms with Crippen molar-refractivity contribution in [2.75, 3.05) is 13.1 Å². The summed E-state index contributed by atoms with van der Waals surface area (Å²) in [5.74, 6) is 0.180. The molecule has 1 saturated heterocycles. The third-order valence-electron chi connectivity index (χ3n) is 3.42. The number of hydrogen-bond donors (Lipinski definition) is 2. The molecule has 18 heavy (non-hydrogen) atoms. The lowest BCUT2D eigenvalue weighted by Crippen LogP contribution is -2.37. The van der Waals surface area contributed by atoms with Crippen LogP contribution in [0.1, 0.15) is 31.2 Å². The lowest BCUT2D eigenvalue weighted by atomic mass is 10.1. The second kappa shape index (κ2) is 7.17. The second-order valence-electron chi connectivity index (χ2n) is 4.94. The Bertz CT molecular complexity index is 358. The van der Waals surface area contributed by atoms with Gasteiger partial charge in [-0.2, -0.15) is 0 Å². The van der Waals surface area contributed by atoms with Gasteiger partial charge >= 0.3 is 0 Å². The number of carbonyl (C=O) groups excluding carboxylic acids is 1. The molecule has 1 aromatic rings. The summed E-state index contributed by atoms with van der Waals surface area (Å²) in [6.07, 6.45) is 4.95. The first-order valence-corrected chi connectivity index (χ1v) is 6.88. The Balaban J connectivity index is 1.57. The first kappa shape index (κ1) is 13.1. The van der Waals surface area contributed by atoms with E-state index in [2.05, 4.69) is 22.8 Å². The van der Waals surface area contributed by atoms with Gasteiger partial charge in [-0.3, -0.25) is 4.79 Å². The Morgan fingerprint density at radius 2 is 2.17 bits per heavy atom. The zero-order chi connectivity index (χ0) is 12.6. The largest absolute Gasteiger partial charge is 0.355 e. The number of aryl methyl sites for hydroxylation is 1. The molecule has 0 radical (unpaired) electrons. The molecule has 0 unspecified atom stereocenters. The maximum absolute atomic E-state index is 11.7. The maximum atomic E-state index is 11.7. The number of nitrogens with one attached hydrogen (secondary N) is 2. The van der Waals surface area contributed by atoms with E-state index in [0.29, 0.717) is 12.5 Å². The highest BCUT2D eigenvalue weighted by atomic mass is 16.1. The third kappa shape index (κ3) is 4.49. The Morgan fingerprint density at radius 3 is 2.89 bits per heavy atom. The summed E-state index contributed by atoms with van der Waals surface area (Å²) in [4.78, 5) is 11.7. The van der Waals surface area contributed by atoms with Gasteiger partial charge in [0.2, 0.25) is 5.91 Å². The van der Waals surface area contributed by atoms with E-state index in [9.17, 15) is 4.79 Å². The molecule has 0 bridgehead atoms. The molecule has 2 N–H and O–H groups in total. The number of benzene rings is 1. The molecule has 3 heteroatoms. The number of carbonyl (C=O) groups is 1. The van der Waals surface area contributed by atoms with E-state index >= 15 is 0 Å². The van der Waals surface area contributed by atoms with Gasteiger partial charge < -0.3 is 10.6 Å². The Kier molecular flexibility index (Phi) is 5.21. The monoisotopic (exact) mass is 246 g/mol. The molecule has 1 aliphatic rings. The second-order valence-corrected chi connectivity index (χ2v) is 4.94. The smallest absolute Gasteiger partial charge is 0.220 e. The molecular weight excluding hydrogens is 224 g/mol. The number of hydrogen-bond acceptors (Lipinski definition) is 2. The molecule has 0 aliphatic carbocycles. The summed E-state index contributed by atoms with van der Waals surface area (Å²) in [5, 5.41) is 6.39. The van der Waals surface area contributed by atoms with Crippen LogP contribution in [0.5, 0.6) is 0 Å². The van der Waals surface area contributed by atoms with Crippen molar-refractivity contribution in [2.24, 2.45) is 0 Å². The van der Waals surface area contributed by atoms with Crippen LogP contribution < -0.4 is 10.6 Å². The van der Waals surface area contributed by atoms with Crippen LogP contribution in [-0.4, -0.2) is 25.0 Å². The fraction of sp³-hybridized carbons (Fsp3) is 0.533. The predicted octanol–water partition coefficient (Wildman–Crippen LogP) is 1.88. The molecule has 1 atom stereocenters. The van der Waals surface area contributed by atoms with Crippen molar-refractivity contribution in [3.05, 3.63) is 35.9 Å². The topological polar surface area (TPSA) is 41.1 Å². The van der Waals surface area contributed by atoms with Gasteiger partial charge in [0.25, 0.3) is 0 Å². The first-order valence-electron chi connectivity index (χ1n) is 6.88. The minimum absolute atomic E-state index is 0.180. The van der Waals surface area contributed by atoms with Gasteiger partial charge in [0.1, 0.15) is 0 Å². The van der Waals surface area contributed by atoms with Crippen molar-refractivity contribution in [3.8, 4) is 0 Å². The van der Waals surface area contributed by atoms with E-state index in [1.54, 1.807) is 0 Å². The van der Waals surface area contributed by atoms with Crippen LogP contribution in [0.15, 0.2) is 30.3 Å². The summed E-state index contributed by atoms with van der Waals surface area (Å²) < 4.78 is 0. The van der Waals surface area contributed by atoms with E-state index in [-0.39, 0.29) is 5.91 Å². The van der Waals surface area contributed by atoms with Crippen LogP contribution in [0.3, 0.4) is 0 Å². The van der Waals surface area contributed by atoms with Crippen LogP contribution in [0.25, 0.3) is 0 Å². The van der Waals surface area contributed by atoms with Crippen LogP contribution in [0.4, 0.5) is 0 Å². The highest BCUT2D eigenvalue weighted by Gasteiger charge is 2.14. The third-order valence-corrected chi connectivity index (χ3v) is 3.42. The highest BCUT2D eigenvalue weighted by molar-refractivity contribution is 5.75. The quantitative estimate of drug-likeness (QED) is 0.804. The van der Waals surface area contributed by atoms with Gasteiger partial charge in [-0.05, 0) is 37.8 Å². The summed E-state index contributed by atoms with van der Waals surface area (Å²) in [6, 6.07) is 10.8. The minimum atomic E-state index is 0.180. The first-order chi connectivity index (χ1) is 8.84.